The fourth-order valence-electron chi connectivity index (χ4n) is 3.94. The summed E-state index contributed by atoms with van der Waals surface area (Å²) in [6, 6.07) is 9.87. The summed E-state index contributed by atoms with van der Waals surface area (Å²) in [6.45, 7) is 15.9. The molecule has 1 N–H and O–H groups in total. The van der Waals surface area contributed by atoms with Gasteiger partial charge in [0.25, 0.3) is 8.32 Å². The Hall–Kier alpha value is -1.06. The highest BCUT2D eigenvalue weighted by molar-refractivity contribution is 6.77. The van der Waals surface area contributed by atoms with Crippen LogP contribution in [0.25, 0.3) is 0 Å². The number of allylic oxidation sites excluding steroid dienone is 1. The molecule has 3 heteroatoms. The third-order valence-corrected chi connectivity index (χ3v) is 11.1. The first-order chi connectivity index (χ1) is 11.2. The first-order valence-corrected chi connectivity index (χ1v) is 11.4. The Balaban J connectivity index is 2.70. The van der Waals surface area contributed by atoms with Crippen molar-refractivity contribution in [3.63, 3.8) is 0 Å². The number of hydrogen-bond donors (Lipinski definition) is 1. The van der Waals surface area contributed by atoms with Crippen LogP contribution >= 0.6 is 0 Å². The van der Waals surface area contributed by atoms with Gasteiger partial charge in [-0.2, -0.15) is 0 Å². The maximum absolute atomic E-state index is 10.3. The van der Waals surface area contributed by atoms with Gasteiger partial charge in [-0.05, 0) is 40.6 Å². The molecule has 0 unspecified atom stereocenters. The Morgan fingerprint density at radius 1 is 0.917 bits per heavy atom. The molecule has 136 valence electrons. The summed E-state index contributed by atoms with van der Waals surface area (Å²) in [6.07, 6.45) is 4.33. The number of hydrogen-bond acceptors (Lipinski definition) is 2. The van der Waals surface area contributed by atoms with E-state index in [9.17, 15) is 5.11 Å². The molecule has 0 saturated carbocycles. The molecule has 0 bridgehead atoms. The molecule has 0 radical (unpaired) electrons. The Morgan fingerprint density at radius 3 is 1.88 bits per heavy atom. The van der Waals surface area contributed by atoms with Crippen LogP contribution < -0.4 is 0 Å². The second kappa shape index (κ2) is 9.43. The smallest absolute Gasteiger partial charge is 0.257 e. The molecule has 2 atom stereocenters. The van der Waals surface area contributed by atoms with Crippen molar-refractivity contribution in [2.75, 3.05) is 0 Å². The highest BCUT2D eigenvalue weighted by Gasteiger charge is 2.46. The van der Waals surface area contributed by atoms with Gasteiger partial charge in [0.1, 0.15) is 0 Å². The SMILES string of the molecule is CC(C)[Si](O/C=C/[C@H](C)C[C@@H](O)c1ccccc1)(C(C)C)C(C)C. The lowest BCUT2D eigenvalue weighted by molar-refractivity contribution is 0.155. The zero-order chi connectivity index (χ0) is 18.3. The zero-order valence-corrected chi connectivity index (χ0v) is 17.5. The summed E-state index contributed by atoms with van der Waals surface area (Å²) < 4.78 is 6.45. The maximum Gasteiger partial charge on any atom is 0.257 e. The van der Waals surface area contributed by atoms with Crippen molar-refractivity contribution in [3.05, 3.63) is 48.2 Å². The van der Waals surface area contributed by atoms with Gasteiger partial charge in [-0.25, -0.2) is 0 Å². The highest BCUT2D eigenvalue weighted by Crippen LogP contribution is 2.42. The molecular weight excluding hydrogens is 312 g/mol. The summed E-state index contributed by atoms with van der Waals surface area (Å²) in [4.78, 5) is 0. The van der Waals surface area contributed by atoms with Crippen LogP contribution in [-0.4, -0.2) is 13.4 Å². The molecule has 0 aliphatic rings. The Bertz CT molecular complexity index is 472. The minimum absolute atomic E-state index is 0.276. The summed E-state index contributed by atoms with van der Waals surface area (Å²) in [5, 5.41) is 10.3. The lowest BCUT2D eigenvalue weighted by atomic mass is 9.98. The van der Waals surface area contributed by atoms with E-state index in [4.69, 9.17) is 4.43 Å². The van der Waals surface area contributed by atoms with Gasteiger partial charge < -0.3 is 9.53 Å². The summed E-state index contributed by atoms with van der Waals surface area (Å²) in [5.41, 5.74) is 2.71. The van der Waals surface area contributed by atoms with Crippen molar-refractivity contribution < 1.29 is 9.53 Å². The molecule has 1 rings (SSSR count). The third-order valence-electron chi connectivity index (χ3n) is 5.17. The van der Waals surface area contributed by atoms with Gasteiger partial charge in [0.2, 0.25) is 0 Å². The number of aliphatic hydroxyl groups excluding tert-OH is 1. The topological polar surface area (TPSA) is 29.5 Å². The van der Waals surface area contributed by atoms with Crippen LogP contribution in [0.15, 0.2) is 42.7 Å². The predicted molar refractivity (Wildman–Crippen MR) is 106 cm³/mol. The van der Waals surface area contributed by atoms with Gasteiger partial charge in [-0.3, -0.25) is 0 Å². The molecule has 0 aromatic heterocycles. The van der Waals surface area contributed by atoms with Crippen LogP contribution in [0.3, 0.4) is 0 Å². The Morgan fingerprint density at radius 2 is 1.42 bits per heavy atom. The van der Waals surface area contributed by atoms with E-state index in [1.807, 2.05) is 36.6 Å². The second-order valence-corrected chi connectivity index (χ2v) is 13.3. The first kappa shape index (κ1) is 21.0. The van der Waals surface area contributed by atoms with Crippen molar-refractivity contribution in [2.24, 2.45) is 5.92 Å². The van der Waals surface area contributed by atoms with Crippen molar-refractivity contribution in [2.45, 2.75) is 77.6 Å². The van der Waals surface area contributed by atoms with Crippen LogP contribution in [0.2, 0.25) is 16.6 Å². The minimum Gasteiger partial charge on any atom is -0.548 e. The average molecular weight is 349 g/mol. The number of rotatable bonds is 9. The zero-order valence-electron chi connectivity index (χ0n) is 16.5. The molecule has 0 aliphatic carbocycles. The van der Waals surface area contributed by atoms with Gasteiger partial charge in [-0.1, -0.05) is 78.8 Å². The largest absolute Gasteiger partial charge is 0.548 e. The highest BCUT2D eigenvalue weighted by atomic mass is 28.4. The molecule has 24 heavy (non-hydrogen) atoms. The lowest BCUT2D eigenvalue weighted by Crippen LogP contribution is -2.46. The third kappa shape index (κ3) is 5.22. The standard InChI is InChI=1S/C21H36O2Si/c1-16(2)24(17(3)4,18(5)6)23-14-13-19(7)15-21(22)20-11-9-8-10-12-20/h8-14,16-19,21-22H,15H2,1-7H3/b14-13+/t19-,21+/m0/s1. The van der Waals surface area contributed by atoms with E-state index in [0.29, 0.717) is 23.0 Å². The maximum atomic E-state index is 10.3. The summed E-state index contributed by atoms with van der Waals surface area (Å²) in [7, 11) is -1.85. The molecule has 0 spiro atoms. The van der Waals surface area contributed by atoms with Crippen LogP contribution in [0.1, 0.15) is 66.6 Å². The average Bonchev–Trinajstić information content (AvgIpc) is 2.51. The minimum atomic E-state index is -1.85. The van der Waals surface area contributed by atoms with E-state index in [2.05, 4.69) is 54.5 Å². The van der Waals surface area contributed by atoms with E-state index in [0.717, 1.165) is 5.56 Å². The summed E-state index contributed by atoms with van der Waals surface area (Å²) in [5.74, 6) is 0.276. The quantitative estimate of drug-likeness (QED) is 0.410. The van der Waals surface area contributed by atoms with E-state index in [-0.39, 0.29) is 5.92 Å². The van der Waals surface area contributed by atoms with E-state index >= 15 is 0 Å². The molecule has 1 aromatic carbocycles. The van der Waals surface area contributed by atoms with Crippen LogP contribution in [0.5, 0.6) is 0 Å². The molecule has 2 nitrogen and oxygen atoms in total. The Labute approximate surface area is 150 Å². The van der Waals surface area contributed by atoms with Crippen LogP contribution in [-0.2, 0) is 4.43 Å². The van der Waals surface area contributed by atoms with Gasteiger partial charge in [0.05, 0.1) is 12.4 Å². The second-order valence-electron chi connectivity index (χ2n) is 7.90. The number of benzene rings is 1. The van der Waals surface area contributed by atoms with Crippen molar-refractivity contribution in [3.8, 4) is 0 Å². The molecule has 0 amide bonds. The molecule has 0 fully saturated rings. The summed E-state index contributed by atoms with van der Waals surface area (Å²) >= 11 is 0. The number of aliphatic hydroxyl groups is 1. The first-order valence-electron chi connectivity index (χ1n) is 9.29. The molecular formula is C21H36O2Si. The van der Waals surface area contributed by atoms with Gasteiger partial charge in [-0.15, -0.1) is 0 Å². The van der Waals surface area contributed by atoms with Gasteiger partial charge >= 0.3 is 0 Å². The van der Waals surface area contributed by atoms with Crippen molar-refractivity contribution in [1.29, 1.82) is 0 Å². The lowest BCUT2D eigenvalue weighted by Gasteiger charge is -2.41. The fraction of sp³-hybridized carbons (Fsp3) is 0.619. The van der Waals surface area contributed by atoms with Gasteiger partial charge in [0.15, 0.2) is 0 Å². The normalized spacial score (nSPS) is 15.5. The van der Waals surface area contributed by atoms with Gasteiger partial charge in [0, 0.05) is 0 Å². The van der Waals surface area contributed by atoms with E-state index in [1.165, 1.54) is 0 Å². The molecule has 1 aromatic rings. The monoisotopic (exact) mass is 348 g/mol. The van der Waals surface area contributed by atoms with Crippen molar-refractivity contribution >= 4 is 8.32 Å². The van der Waals surface area contributed by atoms with E-state index < -0.39 is 14.4 Å². The Kier molecular flexibility index (Phi) is 8.24. The van der Waals surface area contributed by atoms with Crippen LogP contribution in [0, 0.1) is 5.92 Å². The molecule has 0 saturated heterocycles. The van der Waals surface area contributed by atoms with Crippen LogP contribution in [0.4, 0.5) is 0 Å². The molecule has 0 aliphatic heterocycles. The fourth-order valence-corrected chi connectivity index (χ4v) is 9.07. The predicted octanol–water partition coefficient (Wildman–Crippen LogP) is 6.45. The molecule has 0 heterocycles. The van der Waals surface area contributed by atoms with E-state index in [1.54, 1.807) is 0 Å². The van der Waals surface area contributed by atoms with Crippen molar-refractivity contribution in [1.82, 2.24) is 0 Å².